The standard InChI is InChI=1S/C17H27NO3/c1-14(19)13-15-7-5-6-10-18(15)11-12-21-17-9-4-3-8-16(17)20-2/h3-4,8-9,14-15,19H,5-7,10-13H2,1-2H3. The second-order valence-electron chi connectivity index (χ2n) is 5.77. The lowest BCUT2D eigenvalue weighted by Gasteiger charge is -2.36. The number of hydrogen-bond acceptors (Lipinski definition) is 4. The molecule has 1 fully saturated rings. The molecule has 1 aliphatic rings. The Hall–Kier alpha value is -1.26. The van der Waals surface area contributed by atoms with Gasteiger partial charge in [0.15, 0.2) is 11.5 Å². The molecule has 1 heterocycles. The minimum absolute atomic E-state index is 0.231. The largest absolute Gasteiger partial charge is 0.493 e. The Labute approximate surface area is 127 Å². The molecule has 0 spiro atoms. The highest BCUT2D eigenvalue weighted by molar-refractivity contribution is 5.39. The second kappa shape index (κ2) is 8.25. The van der Waals surface area contributed by atoms with E-state index < -0.39 is 0 Å². The van der Waals surface area contributed by atoms with Gasteiger partial charge in [0, 0.05) is 12.6 Å². The molecular formula is C17H27NO3. The van der Waals surface area contributed by atoms with Gasteiger partial charge in [0.1, 0.15) is 6.61 Å². The fraction of sp³-hybridized carbons (Fsp3) is 0.647. The number of rotatable bonds is 7. The molecular weight excluding hydrogens is 266 g/mol. The molecule has 1 aromatic rings. The van der Waals surface area contributed by atoms with Gasteiger partial charge >= 0.3 is 0 Å². The molecule has 2 unspecified atom stereocenters. The molecule has 1 N–H and O–H groups in total. The van der Waals surface area contributed by atoms with Crippen molar-refractivity contribution >= 4 is 0 Å². The number of likely N-dealkylation sites (tertiary alicyclic amines) is 1. The van der Waals surface area contributed by atoms with Gasteiger partial charge in [-0.3, -0.25) is 4.90 Å². The van der Waals surface area contributed by atoms with Crippen LogP contribution in [0.25, 0.3) is 0 Å². The number of aliphatic hydroxyl groups is 1. The molecule has 1 aromatic carbocycles. The molecule has 0 bridgehead atoms. The Morgan fingerprint density at radius 2 is 2.05 bits per heavy atom. The lowest BCUT2D eigenvalue weighted by Crippen LogP contribution is -2.43. The average molecular weight is 293 g/mol. The van der Waals surface area contributed by atoms with E-state index >= 15 is 0 Å². The summed E-state index contributed by atoms with van der Waals surface area (Å²) in [5.41, 5.74) is 0. The second-order valence-corrected chi connectivity index (χ2v) is 5.77. The van der Waals surface area contributed by atoms with E-state index in [1.54, 1.807) is 7.11 Å². The summed E-state index contributed by atoms with van der Waals surface area (Å²) in [5, 5.41) is 9.62. The van der Waals surface area contributed by atoms with Crippen LogP contribution in [0.4, 0.5) is 0 Å². The van der Waals surface area contributed by atoms with E-state index in [9.17, 15) is 5.11 Å². The minimum atomic E-state index is -0.231. The maximum atomic E-state index is 9.62. The first kappa shape index (κ1) is 16.1. The van der Waals surface area contributed by atoms with E-state index in [1.165, 1.54) is 19.3 Å². The van der Waals surface area contributed by atoms with Crippen LogP contribution < -0.4 is 9.47 Å². The van der Waals surface area contributed by atoms with Crippen LogP contribution in [0, 0.1) is 0 Å². The molecule has 4 nitrogen and oxygen atoms in total. The summed E-state index contributed by atoms with van der Waals surface area (Å²) in [6.45, 7) is 4.52. The first-order valence-electron chi connectivity index (χ1n) is 7.88. The van der Waals surface area contributed by atoms with Gasteiger partial charge in [0.05, 0.1) is 13.2 Å². The van der Waals surface area contributed by atoms with Gasteiger partial charge in [-0.05, 0) is 44.9 Å². The summed E-state index contributed by atoms with van der Waals surface area (Å²) in [6, 6.07) is 8.22. The van der Waals surface area contributed by atoms with Crippen molar-refractivity contribution in [1.29, 1.82) is 0 Å². The lowest BCUT2D eigenvalue weighted by molar-refractivity contribution is 0.0757. The van der Waals surface area contributed by atoms with E-state index in [2.05, 4.69) is 4.90 Å². The molecule has 0 saturated carbocycles. The number of nitrogens with zero attached hydrogens (tertiary/aromatic N) is 1. The summed E-state index contributed by atoms with van der Waals surface area (Å²) in [4.78, 5) is 2.45. The Balaban J connectivity index is 1.83. The number of hydrogen-bond donors (Lipinski definition) is 1. The van der Waals surface area contributed by atoms with Crippen LogP contribution in [-0.2, 0) is 0 Å². The highest BCUT2D eigenvalue weighted by Gasteiger charge is 2.23. The van der Waals surface area contributed by atoms with Crippen LogP contribution in [0.15, 0.2) is 24.3 Å². The third-order valence-electron chi connectivity index (χ3n) is 4.07. The van der Waals surface area contributed by atoms with Gasteiger partial charge in [0.25, 0.3) is 0 Å². The number of methoxy groups -OCH3 is 1. The molecule has 21 heavy (non-hydrogen) atoms. The van der Waals surface area contributed by atoms with E-state index in [4.69, 9.17) is 9.47 Å². The molecule has 0 aromatic heterocycles. The highest BCUT2D eigenvalue weighted by atomic mass is 16.5. The van der Waals surface area contributed by atoms with Gasteiger partial charge in [-0.25, -0.2) is 0 Å². The predicted molar refractivity (Wildman–Crippen MR) is 84.0 cm³/mol. The summed E-state index contributed by atoms with van der Waals surface area (Å²) in [7, 11) is 1.66. The molecule has 0 amide bonds. The fourth-order valence-corrected chi connectivity index (χ4v) is 3.03. The van der Waals surface area contributed by atoms with Crippen LogP contribution >= 0.6 is 0 Å². The van der Waals surface area contributed by atoms with Crippen LogP contribution in [0.3, 0.4) is 0 Å². The molecule has 1 saturated heterocycles. The Morgan fingerprint density at radius 3 is 2.76 bits per heavy atom. The Kier molecular flexibility index (Phi) is 6.33. The van der Waals surface area contributed by atoms with Crippen molar-refractivity contribution in [1.82, 2.24) is 4.90 Å². The normalized spacial score (nSPS) is 21.0. The van der Waals surface area contributed by atoms with Crippen molar-refractivity contribution < 1.29 is 14.6 Å². The molecule has 1 aliphatic heterocycles. The first-order valence-corrected chi connectivity index (χ1v) is 7.88. The summed E-state index contributed by atoms with van der Waals surface area (Å²) >= 11 is 0. The molecule has 118 valence electrons. The number of benzene rings is 1. The first-order chi connectivity index (χ1) is 10.2. The molecule has 0 aliphatic carbocycles. The predicted octanol–water partition coefficient (Wildman–Crippen LogP) is 2.70. The maximum absolute atomic E-state index is 9.62. The molecule has 0 radical (unpaired) electrons. The Bertz CT molecular complexity index is 422. The van der Waals surface area contributed by atoms with Crippen LogP contribution in [0.5, 0.6) is 11.5 Å². The van der Waals surface area contributed by atoms with Crippen LogP contribution in [-0.4, -0.2) is 49.0 Å². The van der Waals surface area contributed by atoms with Crippen molar-refractivity contribution in [3.05, 3.63) is 24.3 Å². The van der Waals surface area contributed by atoms with Crippen molar-refractivity contribution in [3.63, 3.8) is 0 Å². The van der Waals surface area contributed by atoms with Crippen molar-refractivity contribution in [2.75, 3.05) is 26.8 Å². The number of para-hydroxylation sites is 2. The molecule has 2 rings (SSSR count). The lowest BCUT2D eigenvalue weighted by atomic mass is 9.97. The maximum Gasteiger partial charge on any atom is 0.161 e. The zero-order valence-electron chi connectivity index (χ0n) is 13.1. The van der Waals surface area contributed by atoms with Gasteiger partial charge in [0.2, 0.25) is 0 Å². The fourth-order valence-electron chi connectivity index (χ4n) is 3.03. The molecule has 2 atom stereocenters. The summed E-state index contributed by atoms with van der Waals surface area (Å²) < 4.78 is 11.1. The SMILES string of the molecule is COc1ccccc1OCCN1CCCCC1CC(C)O. The van der Waals surface area contributed by atoms with Gasteiger partial charge < -0.3 is 14.6 Å². The van der Waals surface area contributed by atoms with E-state index in [1.807, 2.05) is 31.2 Å². The van der Waals surface area contributed by atoms with E-state index in [0.29, 0.717) is 12.6 Å². The van der Waals surface area contributed by atoms with Crippen molar-refractivity contribution in [2.45, 2.75) is 44.8 Å². The zero-order chi connectivity index (χ0) is 15.1. The van der Waals surface area contributed by atoms with Crippen LogP contribution in [0.1, 0.15) is 32.6 Å². The van der Waals surface area contributed by atoms with E-state index in [-0.39, 0.29) is 6.10 Å². The molecule has 4 heteroatoms. The third kappa shape index (κ3) is 4.90. The Morgan fingerprint density at radius 1 is 1.29 bits per heavy atom. The summed E-state index contributed by atoms with van der Waals surface area (Å²) in [5.74, 6) is 1.57. The zero-order valence-corrected chi connectivity index (χ0v) is 13.1. The number of aliphatic hydroxyl groups excluding tert-OH is 1. The van der Waals surface area contributed by atoms with Crippen molar-refractivity contribution in [3.8, 4) is 11.5 Å². The van der Waals surface area contributed by atoms with Gasteiger partial charge in [-0.15, -0.1) is 0 Å². The minimum Gasteiger partial charge on any atom is -0.493 e. The van der Waals surface area contributed by atoms with E-state index in [0.717, 1.165) is 31.0 Å². The van der Waals surface area contributed by atoms with Gasteiger partial charge in [-0.1, -0.05) is 18.6 Å². The van der Waals surface area contributed by atoms with Gasteiger partial charge in [-0.2, -0.15) is 0 Å². The van der Waals surface area contributed by atoms with Crippen molar-refractivity contribution in [2.24, 2.45) is 0 Å². The quantitative estimate of drug-likeness (QED) is 0.839. The van der Waals surface area contributed by atoms with Crippen LogP contribution in [0.2, 0.25) is 0 Å². The number of piperidine rings is 1. The smallest absolute Gasteiger partial charge is 0.161 e. The number of ether oxygens (including phenoxy) is 2. The highest BCUT2D eigenvalue weighted by Crippen LogP contribution is 2.26. The monoisotopic (exact) mass is 293 g/mol. The summed E-state index contributed by atoms with van der Waals surface area (Å²) in [6.07, 6.45) is 4.31. The third-order valence-corrected chi connectivity index (χ3v) is 4.07. The topological polar surface area (TPSA) is 41.9 Å². The average Bonchev–Trinajstić information content (AvgIpc) is 2.49.